The third-order valence-corrected chi connectivity index (χ3v) is 4.83. The van der Waals surface area contributed by atoms with Crippen molar-refractivity contribution < 1.29 is 9.29 Å². The van der Waals surface area contributed by atoms with Crippen LogP contribution < -0.4 is 4.90 Å². The molecule has 108 valence electrons. The predicted molar refractivity (Wildman–Crippen MR) is 87.6 cm³/mol. The Morgan fingerprint density at radius 1 is 1.19 bits per heavy atom. The maximum absolute atomic E-state index is 13.2. The van der Waals surface area contributed by atoms with Crippen LogP contribution in [0.3, 0.4) is 0 Å². The van der Waals surface area contributed by atoms with Gasteiger partial charge in [0.1, 0.15) is 12.4 Å². The smallest absolute Gasteiger partial charge is 0.166 e. The van der Waals surface area contributed by atoms with E-state index in [1.165, 1.54) is 21.2 Å². The van der Waals surface area contributed by atoms with Crippen LogP contribution in [0.1, 0.15) is 5.56 Å². The molecule has 0 saturated heterocycles. The fraction of sp³-hybridized carbons (Fsp3) is 0.188. The quantitative estimate of drug-likeness (QED) is 0.727. The van der Waals surface area contributed by atoms with Gasteiger partial charge in [-0.15, -0.1) is 11.3 Å². The van der Waals surface area contributed by atoms with Gasteiger partial charge in [0.2, 0.25) is 0 Å². The van der Waals surface area contributed by atoms with Gasteiger partial charge in [0.15, 0.2) is 10.6 Å². The van der Waals surface area contributed by atoms with Gasteiger partial charge >= 0.3 is 0 Å². The Hall–Kier alpha value is -1.56. The fourth-order valence-corrected chi connectivity index (χ4v) is 3.81. The van der Waals surface area contributed by atoms with Gasteiger partial charge in [0.05, 0.1) is 17.3 Å². The summed E-state index contributed by atoms with van der Waals surface area (Å²) >= 11 is 7.10. The third kappa shape index (κ3) is 3.20. The summed E-state index contributed by atoms with van der Waals surface area (Å²) in [5.41, 5.74) is 2.17. The second-order valence-electron chi connectivity index (χ2n) is 5.19. The summed E-state index contributed by atoms with van der Waals surface area (Å²) < 4.78 is 17.5. The van der Waals surface area contributed by atoms with Crippen molar-refractivity contribution in [2.24, 2.45) is 0 Å². The zero-order valence-electron chi connectivity index (χ0n) is 11.7. The summed E-state index contributed by atoms with van der Waals surface area (Å²) in [6, 6.07) is 15.0. The first-order valence-electron chi connectivity index (χ1n) is 6.77. The van der Waals surface area contributed by atoms with Gasteiger partial charge in [-0.1, -0.05) is 24.3 Å². The van der Waals surface area contributed by atoms with Crippen molar-refractivity contribution in [2.45, 2.75) is 13.2 Å². The average molecular weight is 319 g/mol. The van der Waals surface area contributed by atoms with E-state index in [2.05, 4.69) is 23.7 Å². The van der Waals surface area contributed by atoms with Gasteiger partial charge < -0.3 is 4.90 Å². The molecule has 21 heavy (non-hydrogen) atoms. The van der Waals surface area contributed by atoms with Gasteiger partial charge in [-0.25, -0.2) is 4.39 Å². The van der Waals surface area contributed by atoms with Crippen molar-refractivity contribution in [1.29, 1.82) is 0 Å². The van der Waals surface area contributed by atoms with E-state index in [4.69, 9.17) is 12.2 Å². The number of nitrogens with one attached hydrogen (secondary N) is 1. The lowest BCUT2D eigenvalue weighted by Gasteiger charge is -2.15. The molecule has 5 heteroatoms. The van der Waals surface area contributed by atoms with Crippen LogP contribution >= 0.6 is 23.6 Å². The van der Waals surface area contributed by atoms with Gasteiger partial charge in [-0.3, -0.25) is 4.57 Å². The average Bonchev–Trinajstić information content (AvgIpc) is 2.75. The van der Waals surface area contributed by atoms with E-state index in [1.807, 2.05) is 18.2 Å². The molecule has 1 aromatic heterocycles. The van der Waals surface area contributed by atoms with E-state index in [1.54, 1.807) is 23.5 Å². The second-order valence-corrected chi connectivity index (χ2v) is 6.86. The van der Waals surface area contributed by atoms with E-state index in [0.29, 0.717) is 0 Å². The lowest BCUT2D eigenvalue weighted by Crippen LogP contribution is -3.06. The van der Waals surface area contributed by atoms with Crippen molar-refractivity contribution in [1.82, 2.24) is 4.57 Å². The van der Waals surface area contributed by atoms with Gasteiger partial charge in [0.25, 0.3) is 0 Å². The Bertz CT molecular complexity index is 822. The SMILES string of the molecule is C[NH+](Cc1cccc(F)c1)Cn1c(=S)sc2ccccc21. The van der Waals surface area contributed by atoms with Crippen molar-refractivity contribution in [3.63, 3.8) is 0 Å². The summed E-state index contributed by atoms with van der Waals surface area (Å²) in [5, 5.41) is 0. The van der Waals surface area contributed by atoms with Crippen molar-refractivity contribution in [3.8, 4) is 0 Å². The van der Waals surface area contributed by atoms with Crippen LogP contribution in [0.15, 0.2) is 48.5 Å². The van der Waals surface area contributed by atoms with E-state index in [-0.39, 0.29) is 5.82 Å². The van der Waals surface area contributed by atoms with Crippen molar-refractivity contribution >= 4 is 33.8 Å². The maximum atomic E-state index is 13.2. The first kappa shape index (κ1) is 14.4. The molecule has 0 aliphatic carbocycles. The number of fused-ring (bicyclic) bond motifs is 1. The Morgan fingerprint density at radius 2 is 2.00 bits per heavy atom. The lowest BCUT2D eigenvalue weighted by molar-refractivity contribution is -0.916. The summed E-state index contributed by atoms with van der Waals surface area (Å²) in [4.78, 5) is 1.26. The Balaban J connectivity index is 1.82. The molecule has 0 spiro atoms. The maximum Gasteiger partial charge on any atom is 0.166 e. The highest BCUT2D eigenvalue weighted by Gasteiger charge is 2.10. The molecule has 0 saturated carbocycles. The molecule has 0 aliphatic heterocycles. The number of nitrogens with zero attached hydrogens (tertiary/aromatic N) is 1. The number of benzene rings is 2. The number of para-hydroxylation sites is 1. The van der Waals surface area contributed by atoms with E-state index in [0.717, 1.165) is 22.7 Å². The second kappa shape index (κ2) is 6.05. The number of aromatic nitrogens is 1. The van der Waals surface area contributed by atoms with E-state index in [9.17, 15) is 4.39 Å². The van der Waals surface area contributed by atoms with Gasteiger partial charge in [-0.2, -0.15) is 0 Å². The van der Waals surface area contributed by atoms with Crippen LogP contribution in [0.2, 0.25) is 0 Å². The summed E-state index contributed by atoms with van der Waals surface area (Å²) in [6.45, 7) is 1.54. The molecule has 3 aromatic rings. The van der Waals surface area contributed by atoms with Crippen molar-refractivity contribution in [2.75, 3.05) is 7.05 Å². The van der Waals surface area contributed by atoms with Gasteiger partial charge in [0, 0.05) is 5.56 Å². The topological polar surface area (TPSA) is 9.37 Å². The molecule has 1 N–H and O–H groups in total. The molecule has 0 amide bonds. The largest absolute Gasteiger partial charge is 0.316 e. The zero-order chi connectivity index (χ0) is 14.8. The molecule has 1 heterocycles. The highest BCUT2D eigenvalue weighted by molar-refractivity contribution is 7.73. The number of hydrogen-bond donors (Lipinski definition) is 1. The minimum absolute atomic E-state index is 0.183. The fourth-order valence-electron chi connectivity index (χ4n) is 2.48. The molecule has 0 aliphatic rings. The minimum Gasteiger partial charge on any atom is -0.316 e. The van der Waals surface area contributed by atoms with Crippen LogP contribution in [0.25, 0.3) is 10.2 Å². The van der Waals surface area contributed by atoms with Crippen molar-refractivity contribution in [3.05, 3.63) is 63.9 Å². The first-order chi connectivity index (χ1) is 10.1. The summed E-state index contributed by atoms with van der Waals surface area (Å²) in [6.07, 6.45) is 0. The molecular formula is C16H16FN2S2+. The highest BCUT2D eigenvalue weighted by Crippen LogP contribution is 2.21. The van der Waals surface area contributed by atoms with E-state index < -0.39 is 0 Å². The standard InChI is InChI=1S/C16H15FN2S2/c1-18(10-12-5-4-6-13(17)9-12)11-19-14-7-2-3-8-15(14)21-16(19)20/h2-9H,10-11H2,1H3/p+1. The molecule has 2 aromatic carbocycles. The molecule has 1 unspecified atom stereocenters. The molecule has 0 fully saturated rings. The number of halogens is 1. The first-order valence-corrected chi connectivity index (χ1v) is 8.00. The predicted octanol–water partition coefficient (Wildman–Crippen LogP) is 3.24. The molecular weight excluding hydrogens is 303 g/mol. The monoisotopic (exact) mass is 319 g/mol. The molecule has 1 atom stereocenters. The third-order valence-electron chi connectivity index (χ3n) is 3.40. The molecule has 0 bridgehead atoms. The summed E-state index contributed by atoms with van der Waals surface area (Å²) in [5.74, 6) is -0.183. The Morgan fingerprint density at radius 3 is 2.81 bits per heavy atom. The zero-order valence-corrected chi connectivity index (χ0v) is 13.3. The van der Waals surface area contributed by atoms with Crippen LogP contribution in [-0.2, 0) is 13.2 Å². The van der Waals surface area contributed by atoms with Crippen LogP contribution in [0, 0.1) is 9.77 Å². The minimum atomic E-state index is -0.183. The van der Waals surface area contributed by atoms with Crippen LogP contribution in [0.5, 0.6) is 0 Å². The number of quaternary nitrogens is 1. The molecule has 0 radical (unpaired) electrons. The number of thiazole rings is 1. The van der Waals surface area contributed by atoms with Crippen LogP contribution in [0.4, 0.5) is 4.39 Å². The lowest BCUT2D eigenvalue weighted by atomic mass is 10.2. The van der Waals surface area contributed by atoms with Crippen LogP contribution in [-0.4, -0.2) is 11.6 Å². The normalized spacial score (nSPS) is 12.7. The number of hydrogen-bond acceptors (Lipinski definition) is 2. The summed E-state index contributed by atoms with van der Waals surface area (Å²) in [7, 11) is 2.10. The molecule has 2 nitrogen and oxygen atoms in total. The Labute approximate surface area is 132 Å². The van der Waals surface area contributed by atoms with Gasteiger partial charge in [-0.05, 0) is 36.5 Å². The molecule has 3 rings (SSSR count). The number of rotatable bonds is 4. The van der Waals surface area contributed by atoms with E-state index >= 15 is 0 Å². The Kier molecular flexibility index (Phi) is 4.14. The highest BCUT2D eigenvalue weighted by atomic mass is 32.1.